The number of halogens is 3. The van der Waals surface area contributed by atoms with Crippen molar-refractivity contribution in [1.82, 2.24) is 9.97 Å². The number of anilines is 1. The number of nitrogens with two attached hydrogens (primary N) is 1. The number of hydrogen-bond donors (Lipinski definition) is 2. The lowest BCUT2D eigenvalue weighted by atomic mass is 9.95. The average Bonchev–Trinajstić information content (AvgIpc) is 2.67. The van der Waals surface area contributed by atoms with Gasteiger partial charge in [-0.15, -0.1) is 0 Å². The third-order valence-electron chi connectivity index (χ3n) is 4.03. The van der Waals surface area contributed by atoms with Crippen molar-refractivity contribution in [3.8, 4) is 34.5 Å². The first-order chi connectivity index (χ1) is 13.3. The SMILES string of the molecule is N#Cc1c(N)[nH]c(=O)c(C#N)c1-c1ccc(-c2ccc(C(F)(F)F)cn2)cc1. The molecule has 3 N–H and O–H groups in total. The number of hydrogen-bond acceptors (Lipinski definition) is 5. The minimum absolute atomic E-state index is 0.0449. The quantitative estimate of drug-likeness (QED) is 0.705. The highest BCUT2D eigenvalue weighted by Crippen LogP contribution is 2.32. The molecule has 0 aliphatic rings. The number of nitrogen functional groups attached to an aromatic ring is 1. The minimum atomic E-state index is -4.48. The minimum Gasteiger partial charge on any atom is -0.384 e. The average molecular weight is 381 g/mol. The molecule has 3 aromatic rings. The molecule has 1 aromatic carbocycles. The summed E-state index contributed by atoms with van der Waals surface area (Å²) in [5.41, 5.74) is 5.11. The van der Waals surface area contributed by atoms with Crippen LogP contribution in [-0.4, -0.2) is 9.97 Å². The van der Waals surface area contributed by atoms with Crippen molar-refractivity contribution in [2.75, 3.05) is 5.73 Å². The summed E-state index contributed by atoms with van der Waals surface area (Å²) in [6, 6.07) is 12.0. The Balaban J connectivity index is 2.07. The van der Waals surface area contributed by atoms with E-state index in [0.29, 0.717) is 16.8 Å². The predicted molar refractivity (Wildman–Crippen MR) is 94.6 cm³/mol. The molecule has 0 aliphatic heterocycles. The smallest absolute Gasteiger partial charge is 0.384 e. The predicted octanol–water partition coefficient (Wildman–Crippen LogP) is 3.45. The molecule has 0 amide bonds. The van der Waals surface area contributed by atoms with Gasteiger partial charge in [-0.2, -0.15) is 23.7 Å². The molecule has 28 heavy (non-hydrogen) atoms. The molecule has 6 nitrogen and oxygen atoms in total. The van der Waals surface area contributed by atoms with Crippen LogP contribution in [0.3, 0.4) is 0 Å². The monoisotopic (exact) mass is 381 g/mol. The summed E-state index contributed by atoms with van der Waals surface area (Å²) in [6.45, 7) is 0. The van der Waals surface area contributed by atoms with E-state index in [-0.39, 0.29) is 22.5 Å². The summed E-state index contributed by atoms with van der Waals surface area (Å²) in [5, 5.41) is 18.6. The van der Waals surface area contributed by atoms with E-state index in [2.05, 4.69) is 9.97 Å². The molecular weight excluding hydrogens is 371 g/mol. The molecule has 3 rings (SSSR count). The Labute approximate surface area is 156 Å². The zero-order valence-electron chi connectivity index (χ0n) is 14.0. The molecule has 138 valence electrons. The van der Waals surface area contributed by atoms with Crippen LogP contribution in [0.4, 0.5) is 19.0 Å². The van der Waals surface area contributed by atoms with Gasteiger partial charge in [0.15, 0.2) is 0 Å². The number of nitriles is 2. The van der Waals surface area contributed by atoms with Crippen LogP contribution in [0.5, 0.6) is 0 Å². The highest BCUT2D eigenvalue weighted by molar-refractivity contribution is 5.81. The summed E-state index contributed by atoms with van der Waals surface area (Å²) in [6.07, 6.45) is -3.74. The van der Waals surface area contributed by atoms with Gasteiger partial charge in [-0.3, -0.25) is 9.78 Å². The van der Waals surface area contributed by atoms with Crippen molar-refractivity contribution in [2.24, 2.45) is 0 Å². The summed E-state index contributed by atoms with van der Waals surface area (Å²) >= 11 is 0. The lowest BCUT2D eigenvalue weighted by Crippen LogP contribution is -2.16. The zero-order chi connectivity index (χ0) is 20.5. The second-order valence-electron chi connectivity index (χ2n) is 5.72. The third kappa shape index (κ3) is 3.29. The molecule has 0 spiro atoms. The maximum Gasteiger partial charge on any atom is 0.417 e. The van der Waals surface area contributed by atoms with E-state index in [4.69, 9.17) is 5.73 Å². The number of aromatic nitrogens is 2. The molecule has 2 heterocycles. The number of nitrogens with one attached hydrogen (secondary N) is 1. The second kappa shape index (κ2) is 6.89. The van der Waals surface area contributed by atoms with E-state index in [1.165, 1.54) is 18.2 Å². The van der Waals surface area contributed by atoms with Gasteiger partial charge in [-0.25, -0.2) is 0 Å². The Morgan fingerprint density at radius 3 is 2.07 bits per heavy atom. The number of H-pyrrole nitrogens is 1. The highest BCUT2D eigenvalue weighted by Gasteiger charge is 2.30. The largest absolute Gasteiger partial charge is 0.417 e. The van der Waals surface area contributed by atoms with E-state index < -0.39 is 17.3 Å². The van der Waals surface area contributed by atoms with Gasteiger partial charge in [0.05, 0.1) is 11.3 Å². The van der Waals surface area contributed by atoms with Crippen molar-refractivity contribution >= 4 is 5.82 Å². The van der Waals surface area contributed by atoms with Gasteiger partial charge in [0.1, 0.15) is 29.1 Å². The normalized spacial score (nSPS) is 10.9. The first kappa shape index (κ1) is 18.7. The van der Waals surface area contributed by atoms with Gasteiger partial charge >= 0.3 is 6.18 Å². The second-order valence-corrected chi connectivity index (χ2v) is 5.72. The molecule has 9 heteroatoms. The van der Waals surface area contributed by atoms with Crippen molar-refractivity contribution in [2.45, 2.75) is 6.18 Å². The van der Waals surface area contributed by atoms with Crippen molar-refractivity contribution in [3.63, 3.8) is 0 Å². The molecule has 2 aromatic heterocycles. The Morgan fingerprint density at radius 2 is 1.57 bits per heavy atom. The molecule has 0 fully saturated rings. The van der Waals surface area contributed by atoms with Crippen molar-refractivity contribution < 1.29 is 13.2 Å². The number of rotatable bonds is 2. The molecule has 0 radical (unpaired) electrons. The van der Waals surface area contributed by atoms with Gasteiger partial charge in [-0.05, 0) is 17.7 Å². The maximum atomic E-state index is 12.6. The van der Waals surface area contributed by atoms with Crippen molar-refractivity contribution in [1.29, 1.82) is 10.5 Å². The van der Waals surface area contributed by atoms with Crippen LogP contribution in [0.1, 0.15) is 16.7 Å². The molecule has 0 unspecified atom stereocenters. The van der Waals surface area contributed by atoms with Crippen LogP contribution in [-0.2, 0) is 6.18 Å². The fraction of sp³-hybridized carbons (Fsp3) is 0.0526. The van der Waals surface area contributed by atoms with Crippen LogP contribution >= 0.6 is 0 Å². The Bertz CT molecular complexity index is 1180. The lowest BCUT2D eigenvalue weighted by molar-refractivity contribution is -0.137. The molecule has 0 aliphatic carbocycles. The van der Waals surface area contributed by atoms with Crippen molar-refractivity contribution in [3.05, 3.63) is 69.6 Å². The number of nitrogens with zero attached hydrogens (tertiary/aromatic N) is 3. The van der Waals surface area contributed by atoms with Gasteiger partial charge < -0.3 is 10.7 Å². The molecule has 0 atom stereocenters. The summed E-state index contributed by atoms with van der Waals surface area (Å²) < 4.78 is 37.9. The molecular formula is C19H10F3N5O. The fourth-order valence-corrected chi connectivity index (χ4v) is 2.67. The molecule has 0 bridgehead atoms. The Kier molecular flexibility index (Phi) is 4.60. The van der Waals surface area contributed by atoms with Crippen LogP contribution < -0.4 is 11.3 Å². The first-order valence-electron chi connectivity index (χ1n) is 7.76. The Morgan fingerprint density at radius 1 is 0.964 bits per heavy atom. The lowest BCUT2D eigenvalue weighted by Gasteiger charge is -2.10. The zero-order valence-corrected chi connectivity index (χ0v) is 14.0. The summed E-state index contributed by atoms with van der Waals surface area (Å²) in [7, 11) is 0. The highest BCUT2D eigenvalue weighted by atomic mass is 19.4. The number of benzene rings is 1. The van der Waals surface area contributed by atoms with Gasteiger partial charge in [-0.1, -0.05) is 24.3 Å². The fourth-order valence-electron chi connectivity index (χ4n) is 2.67. The standard InChI is InChI=1S/C19H10F3N5O/c20-19(21,22)12-5-6-15(26-9-12)10-1-3-11(4-2-10)16-13(7-23)17(25)27-18(28)14(16)8-24/h1-6,9H,(H3,25,27,28). The summed E-state index contributed by atoms with van der Waals surface area (Å²) in [5.74, 6) is -0.157. The summed E-state index contributed by atoms with van der Waals surface area (Å²) in [4.78, 5) is 18.0. The first-order valence-corrected chi connectivity index (χ1v) is 7.76. The van der Waals surface area contributed by atoms with E-state index in [1.807, 2.05) is 6.07 Å². The van der Waals surface area contributed by atoms with E-state index in [9.17, 15) is 28.5 Å². The van der Waals surface area contributed by atoms with Gasteiger partial charge in [0.2, 0.25) is 0 Å². The third-order valence-corrected chi connectivity index (χ3v) is 4.03. The number of pyridine rings is 2. The van der Waals surface area contributed by atoms with Crippen LogP contribution in [0.2, 0.25) is 0 Å². The van der Waals surface area contributed by atoms with Gasteiger partial charge in [0.25, 0.3) is 5.56 Å². The Hall–Kier alpha value is -4.11. The topological polar surface area (TPSA) is 119 Å². The van der Waals surface area contributed by atoms with Crippen LogP contribution in [0, 0.1) is 22.7 Å². The maximum absolute atomic E-state index is 12.6. The van der Waals surface area contributed by atoms with E-state index in [1.54, 1.807) is 18.2 Å². The molecule has 0 saturated heterocycles. The van der Waals surface area contributed by atoms with Crippen LogP contribution in [0.15, 0.2) is 47.4 Å². The van der Waals surface area contributed by atoms with Gasteiger partial charge in [0, 0.05) is 17.3 Å². The number of aromatic amines is 1. The van der Waals surface area contributed by atoms with E-state index >= 15 is 0 Å². The van der Waals surface area contributed by atoms with Crippen LogP contribution in [0.25, 0.3) is 22.4 Å². The van der Waals surface area contributed by atoms with E-state index in [0.717, 1.165) is 12.3 Å². The molecule has 0 saturated carbocycles. The number of alkyl halides is 3.